The quantitative estimate of drug-likeness (QED) is 0.403. The van der Waals surface area contributed by atoms with Crippen LogP contribution in [0, 0.1) is 10.1 Å². The SMILES string of the molecule is CCCCOCCNS(=O)(=O)c1ccc(O)c([N+](=O)[O-])c1. The number of nitrogens with zero attached hydrogens (tertiary/aromatic N) is 1. The van der Waals surface area contributed by atoms with E-state index in [1.807, 2.05) is 6.92 Å². The molecule has 0 unspecified atom stereocenters. The molecule has 1 rings (SSSR count). The average Bonchev–Trinajstić information content (AvgIpc) is 2.42. The van der Waals surface area contributed by atoms with Crippen molar-refractivity contribution < 1.29 is 23.2 Å². The van der Waals surface area contributed by atoms with Crippen LogP contribution in [0.1, 0.15) is 19.8 Å². The van der Waals surface area contributed by atoms with Crippen LogP contribution < -0.4 is 4.72 Å². The van der Waals surface area contributed by atoms with Gasteiger partial charge in [0.25, 0.3) is 0 Å². The van der Waals surface area contributed by atoms with E-state index in [0.717, 1.165) is 31.0 Å². The van der Waals surface area contributed by atoms with Gasteiger partial charge in [-0.3, -0.25) is 10.1 Å². The Hall–Kier alpha value is -1.71. The first-order valence-electron chi connectivity index (χ1n) is 6.43. The van der Waals surface area contributed by atoms with E-state index in [-0.39, 0.29) is 18.0 Å². The van der Waals surface area contributed by atoms with Gasteiger partial charge in [-0.15, -0.1) is 0 Å². The summed E-state index contributed by atoms with van der Waals surface area (Å²) in [6.45, 7) is 2.87. The molecule has 0 aromatic heterocycles. The van der Waals surface area contributed by atoms with Crippen LogP contribution >= 0.6 is 0 Å². The van der Waals surface area contributed by atoms with Crippen LogP contribution in [0.4, 0.5) is 5.69 Å². The van der Waals surface area contributed by atoms with E-state index in [0.29, 0.717) is 6.61 Å². The monoisotopic (exact) mass is 318 g/mol. The third-order valence-corrected chi connectivity index (χ3v) is 4.09. The van der Waals surface area contributed by atoms with Gasteiger partial charge in [0, 0.05) is 19.2 Å². The summed E-state index contributed by atoms with van der Waals surface area (Å²) in [5, 5.41) is 20.0. The highest BCUT2D eigenvalue weighted by Gasteiger charge is 2.20. The second-order valence-electron chi connectivity index (χ2n) is 4.27. The van der Waals surface area contributed by atoms with Crippen LogP contribution in [0.15, 0.2) is 23.1 Å². The molecule has 0 aliphatic heterocycles. The summed E-state index contributed by atoms with van der Waals surface area (Å²) in [6, 6.07) is 2.89. The summed E-state index contributed by atoms with van der Waals surface area (Å²) in [5.74, 6) is -0.582. The predicted octanol–water partition coefficient (Wildman–Crippen LogP) is 1.40. The zero-order chi connectivity index (χ0) is 15.9. The van der Waals surface area contributed by atoms with Gasteiger partial charge in [-0.25, -0.2) is 13.1 Å². The second kappa shape index (κ2) is 7.91. The molecule has 0 bridgehead atoms. The van der Waals surface area contributed by atoms with Crippen molar-refractivity contribution >= 4 is 15.7 Å². The van der Waals surface area contributed by atoms with Gasteiger partial charge in [0.15, 0.2) is 5.75 Å². The van der Waals surface area contributed by atoms with Crippen LogP contribution in [-0.2, 0) is 14.8 Å². The molecule has 0 fully saturated rings. The number of nitro groups is 1. The van der Waals surface area contributed by atoms with Gasteiger partial charge in [-0.2, -0.15) is 0 Å². The highest BCUT2D eigenvalue weighted by Crippen LogP contribution is 2.27. The summed E-state index contributed by atoms with van der Waals surface area (Å²) in [4.78, 5) is 9.55. The Morgan fingerprint density at radius 2 is 2.10 bits per heavy atom. The lowest BCUT2D eigenvalue weighted by molar-refractivity contribution is -0.386. The Morgan fingerprint density at radius 1 is 1.38 bits per heavy atom. The number of sulfonamides is 1. The molecule has 118 valence electrons. The Bertz CT molecular complexity index is 587. The molecule has 1 aromatic carbocycles. The number of nitrogens with one attached hydrogen (secondary N) is 1. The highest BCUT2D eigenvalue weighted by atomic mass is 32.2. The van der Waals surface area contributed by atoms with Gasteiger partial charge in [0.2, 0.25) is 10.0 Å². The molecular formula is C12H18N2O6S. The van der Waals surface area contributed by atoms with Gasteiger partial charge in [0.1, 0.15) is 0 Å². The summed E-state index contributed by atoms with van der Waals surface area (Å²) in [6.07, 6.45) is 1.89. The molecule has 0 saturated heterocycles. The van der Waals surface area contributed by atoms with E-state index in [4.69, 9.17) is 4.74 Å². The van der Waals surface area contributed by atoms with E-state index < -0.39 is 26.4 Å². The van der Waals surface area contributed by atoms with Gasteiger partial charge >= 0.3 is 5.69 Å². The van der Waals surface area contributed by atoms with Crippen LogP contribution in [0.3, 0.4) is 0 Å². The zero-order valence-corrected chi connectivity index (χ0v) is 12.4. The van der Waals surface area contributed by atoms with Crippen molar-refractivity contribution in [3.8, 4) is 5.75 Å². The molecule has 0 amide bonds. The predicted molar refractivity (Wildman–Crippen MR) is 75.7 cm³/mol. The smallest absolute Gasteiger partial charge is 0.312 e. The van der Waals surface area contributed by atoms with Crippen molar-refractivity contribution in [1.29, 1.82) is 0 Å². The fraction of sp³-hybridized carbons (Fsp3) is 0.500. The van der Waals surface area contributed by atoms with Gasteiger partial charge in [0.05, 0.1) is 16.4 Å². The summed E-state index contributed by atoms with van der Waals surface area (Å²) < 4.78 is 31.4. The molecule has 0 spiro atoms. The number of nitro benzene ring substituents is 1. The van der Waals surface area contributed by atoms with E-state index in [1.165, 1.54) is 0 Å². The molecule has 21 heavy (non-hydrogen) atoms. The number of rotatable bonds is 9. The molecule has 0 atom stereocenters. The number of phenols is 1. The van der Waals surface area contributed by atoms with Crippen LogP contribution in [0.5, 0.6) is 5.75 Å². The summed E-state index contributed by atoms with van der Waals surface area (Å²) >= 11 is 0. The van der Waals surface area contributed by atoms with Crippen LogP contribution in [-0.4, -0.2) is 38.2 Å². The number of unbranched alkanes of at least 4 members (excludes halogenated alkanes) is 1. The van der Waals surface area contributed by atoms with Gasteiger partial charge in [-0.1, -0.05) is 13.3 Å². The molecule has 1 aromatic rings. The molecule has 0 aliphatic carbocycles. The number of ether oxygens (including phenoxy) is 1. The average molecular weight is 318 g/mol. The van der Waals surface area contributed by atoms with Crippen LogP contribution in [0.2, 0.25) is 0 Å². The van der Waals surface area contributed by atoms with Crippen molar-refractivity contribution in [3.63, 3.8) is 0 Å². The van der Waals surface area contributed by atoms with E-state index >= 15 is 0 Å². The maximum absolute atomic E-state index is 11.9. The lowest BCUT2D eigenvalue weighted by atomic mass is 10.3. The van der Waals surface area contributed by atoms with Crippen molar-refractivity contribution in [3.05, 3.63) is 28.3 Å². The minimum absolute atomic E-state index is 0.0702. The number of hydrogen-bond acceptors (Lipinski definition) is 6. The van der Waals surface area contributed by atoms with Crippen molar-refractivity contribution in [2.45, 2.75) is 24.7 Å². The summed E-state index contributed by atoms with van der Waals surface area (Å²) in [7, 11) is -3.87. The Balaban J connectivity index is 2.66. The second-order valence-corrected chi connectivity index (χ2v) is 6.04. The van der Waals surface area contributed by atoms with Crippen LogP contribution in [0.25, 0.3) is 0 Å². The minimum Gasteiger partial charge on any atom is -0.502 e. The lowest BCUT2D eigenvalue weighted by Crippen LogP contribution is -2.27. The van der Waals surface area contributed by atoms with E-state index in [9.17, 15) is 23.6 Å². The van der Waals surface area contributed by atoms with E-state index in [2.05, 4.69) is 4.72 Å². The number of benzene rings is 1. The summed E-state index contributed by atoms with van der Waals surface area (Å²) in [5.41, 5.74) is -0.655. The van der Waals surface area contributed by atoms with Crippen molar-refractivity contribution in [2.24, 2.45) is 0 Å². The lowest BCUT2D eigenvalue weighted by Gasteiger charge is -2.07. The third kappa shape index (κ3) is 5.29. The third-order valence-electron chi connectivity index (χ3n) is 2.63. The zero-order valence-electron chi connectivity index (χ0n) is 11.6. The normalized spacial score (nSPS) is 11.5. The number of phenolic OH excluding ortho intramolecular Hbond substituents is 1. The molecular weight excluding hydrogens is 300 g/mol. The molecule has 8 nitrogen and oxygen atoms in total. The highest BCUT2D eigenvalue weighted by molar-refractivity contribution is 7.89. The first kappa shape index (κ1) is 17.3. The maximum atomic E-state index is 11.9. The van der Waals surface area contributed by atoms with Crippen molar-refractivity contribution in [2.75, 3.05) is 19.8 Å². The Morgan fingerprint density at radius 3 is 2.71 bits per heavy atom. The fourth-order valence-electron chi connectivity index (χ4n) is 1.50. The molecule has 0 heterocycles. The number of aromatic hydroxyl groups is 1. The first-order valence-corrected chi connectivity index (χ1v) is 7.91. The van der Waals surface area contributed by atoms with E-state index in [1.54, 1.807) is 0 Å². The molecule has 0 aliphatic rings. The first-order chi connectivity index (χ1) is 9.88. The standard InChI is InChI=1S/C12H18N2O6S/c1-2-3-7-20-8-6-13-21(18,19)10-4-5-12(15)11(9-10)14(16)17/h4-5,9,13,15H,2-3,6-8H2,1H3. The Kier molecular flexibility index (Phi) is 6.53. The molecule has 2 N–H and O–H groups in total. The molecule has 0 saturated carbocycles. The van der Waals surface area contributed by atoms with Gasteiger partial charge in [-0.05, 0) is 18.6 Å². The Labute approximate surface area is 122 Å². The minimum atomic E-state index is -3.87. The largest absolute Gasteiger partial charge is 0.502 e. The fourth-order valence-corrected chi connectivity index (χ4v) is 2.53. The maximum Gasteiger partial charge on any atom is 0.312 e. The molecule has 0 radical (unpaired) electrons. The van der Waals surface area contributed by atoms with Gasteiger partial charge < -0.3 is 9.84 Å². The topological polar surface area (TPSA) is 119 Å². The van der Waals surface area contributed by atoms with Crippen molar-refractivity contribution in [1.82, 2.24) is 4.72 Å². The number of hydrogen-bond donors (Lipinski definition) is 2. The molecule has 9 heteroatoms.